The highest BCUT2D eigenvalue weighted by atomic mass is 16.5. The van der Waals surface area contributed by atoms with Crippen molar-refractivity contribution >= 4 is 5.91 Å². The molecule has 0 radical (unpaired) electrons. The number of carbonyl (C=O) groups excluding carboxylic acids is 1. The van der Waals surface area contributed by atoms with Gasteiger partial charge in [0.1, 0.15) is 5.75 Å². The van der Waals surface area contributed by atoms with Crippen LogP contribution in [-0.4, -0.2) is 24.2 Å². The Morgan fingerprint density at radius 1 is 1.35 bits per heavy atom. The lowest BCUT2D eigenvalue weighted by Crippen LogP contribution is -2.28. The molecule has 0 aliphatic carbocycles. The summed E-state index contributed by atoms with van der Waals surface area (Å²) in [5, 5.41) is 11.7. The first-order valence-corrected chi connectivity index (χ1v) is 5.69. The summed E-state index contributed by atoms with van der Waals surface area (Å²) in [4.78, 5) is 11.3. The minimum absolute atomic E-state index is 0.0122. The quantitative estimate of drug-likeness (QED) is 0.811. The van der Waals surface area contributed by atoms with Gasteiger partial charge in [-0.15, -0.1) is 0 Å². The lowest BCUT2D eigenvalue weighted by molar-refractivity contribution is -0.122. The number of nitrogens with one attached hydrogen (secondary N) is 1. The van der Waals surface area contributed by atoms with E-state index >= 15 is 0 Å². The van der Waals surface area contributed by atoms with Crippen LogP contribution in [0.1, 0.15) is 23.6 Å². The van der Waals surface area contributed by atoms with Gasteiger partial charge in [-0.1, -0.05) is 12.1 Å². The SMILES string of the molecule is CCNC(=O)COc1c(C)cc(CO)cc1C. The molecular formula is C13H19NO3. The van der Waals surface area contributed by atoms with E-state index < -0.39 is 0 Å². The molecule has 2 N–H and O–H groups in total. The summed E-state index contributed by atoms with van der Waals surface area (Å²) in [6.45, 7) is 6.30. The fourth-order valence-corrected chi connectivity index (χ4v) is 1.74. The molecule has 0 bridgehead atoms. The number of hydrogen-bond acceptors (Lipinski definition) is 3. The third-order valence-electron chi connectivity index (χ3n) is 2.42. The van der Waals surface area contributed by atoms with Gasteiger partial charge in [0.05, 0.1) is 6.61 Å². The molecular weight excluding hydrogens is 218 g/mol. The van der Waals surface area contributed by atoms with E-state index in [1.165, 1.54) is 0 Å². The van der Waals surface area contributed by atoms with Crippen LogP contribution in [0.3, 0.4) is 0 Å². The molecule has 1 rings (SSSR count). The van der Waals surface area contributed by atoms with E-state index in [-0.39, 0.29) is 19.1 Å². The van der Waals surface area contributed by atoms with Gasteiger partial charge in [-0.05, 0) is 37.5 Å². The molecule has 0 heterocycles. The number of ether oxygens (including phenoxy) is 1. The maximum absolute atomic E-state index is 11.3. The Morgan fingerprint density at radius 3 is 2.41 bits per heavy atom. The maximum atomic E-state index is 11.3. The Hall–Kier alpha value is -1.55. The van der Waals surface area contributed by atoms with Crippen molar-refractivity contribution in [3.63, 3.8) is 0 Å². The van der Waals surface area contributed by atoms with Gasteiger partial charge in [-0.3, -0.25) is 4.79 Å². The van der Waals surface area contributed by atoms with Crippen LogP contribution >= 0.6 is 0 Å². The van der Waals surface area contributed by atoms with Crippen molar-refractivity contribution in [2.45, 2.75) is 27.4 Å². The fourth-order valence-electron chi connectivity index (χ4n) is 1.74. The number of aliphatic hydroxyl groups is 1. The fraction of sp³-hybridized carbons (Fsp3) is 0.462. The summed E-state index contributed by atoms with van der Waals surface area (Å²) in [5.41, 5.74) is 2.71. The third kappa shape index (κ3) is 3.75. The van der Waals surface area contributed by atoms with Crippen molar-refractivity contribution in [2.24, 2.45) is 0 Å². The molecule has 1 aromatic rings. The smallest absolute Gasteiger partial charge is 0.257 e. The average Bonchev–Trinajstić information content (AvgIpc) is 2.28. The highest BCUT2D eigenvalue weighted by Gasteiger charge is 2.08. The van der Waals surface area contributed by atoms with Crippen molar-refractivity contribution in [1.29, 1.82) is 0 Å². The van der Waals surface area contributed by atoms with Gasteiger partial charge in [0.2, 0.25) is 0 Å². The lowest BCUT2D eigenvalue weighted by Gasteiger charge is -2.13. The summed E-state index contributed by atoms with van der Waals surface area (Å²) in [5.74, 6) is 0.589. The Kier molecular flexibility index (Phi) is 4.97. The van der Waals surface area contributed by atoms with Gasteiger partial charge in [-0.2, -0.15) is 0 Å². The zero-order valence-corrected chi connectivity index (χ0v) is 10.5. The molecule has 4 nitrogen and oxygen atoms in total. The van der Waals surface area contributed by atoms with Crippen LogP contribution < -0.4 is 10.1 Å². The van der Waals surface area contributed by atoms with Crippen molar-refractivity contribution in [1.82, 2.24) is 5.32 Å². The number of hydrogen-bond donors (Lipinski definition) is 2. The normalized spacial score (nSPS) is 10.1. The van der Waals surface area contributed by atoms with Gasteiger partial charge in [-0.25, -0.2) is 0 Å². The van der Waals surface area contributed by atoms with Crippen molar-refractivity contribution < 1.29 is 14.6 Å². The molecule has 4 heteroatoms. The maximum Gasteiger partial charge on any atom is 0.257 e. The van der Waals surface area contributed by atoms with Crippen LogP contribution in [-0.2, 0) is 11.4 Å². The summed E-state index contributed by atoms with van der Waals surface area (Å²) in [6.07, 6.45) is 0. The highest BCUT2D eigenvalue weighted by Crippen LogP contribution is 2.24. The number of aliphatic hydroxyl groups excluding tert-OH is 1. The van der Waals surface area contributed by atoms with E-state index in [4.69, 9.17) is 9.84 Å². The van der Waals surface area contributed by atoms with Crippen molar-refractivity contribution in [3.8, 4) is 5.75 Å². The summed E-state index contributed by atoms with van der Waals surface area (Å²) >= 11 is 0. The molecule has 0 atom stereocenters. The number of aryl methyl sites for hydroxylation is 2. The van der Waals surface area contributed by atoms with Gasteiger partial charge in [0.25, 0.3) is 5.91 Å². The minimum Gasteiger partial charge on any atom is -0.483 e. The first-order valence-electron chi connectivity index (χ1n) is 5.69. The number of benzene rings is 1. The second kappa shape index (κ2) is 6.25. The molecule has 0 saturated carbocycles. The van der Waals surface area contributed by atoms with Crippen LogP contribution in [0.15, 0.2) is 12.1 Å². The average molecular weight is 237 g/mol. The predicted octanol–water partition coefficient (Wildman–Crippen LogP) is 1.31. The Morgan fingerprint density at radius 2 is 1.94 bits per heavy atom. The molecule has 1 amide bonds. The second-order valence-corrected chi connectivity index (χ2v) is 3.96. The molecule has 0 spiro atoms. The van der Waals surface area contributed by atoms with Crippen LogP contribution in [0.2, 0.25) is 0 Å². The molecule has 0 unspecified atom stereocenters. The van der Waals surface area contributed by atoms with E-state index in [2.05, 4.69) is 5.32 Å². The van der Waals surface area contributed by atoms with Crippen LogP contribution in [0.25, 0.3) is 0 Å². The van der Waals surface area contributed by atoms with Gasteiger partial charge >= 0.3 is 0 Å². The van der Waals surface area contributed by atoms with E-state index in [1.54, 1.807) is 0 Å². The second-order valence-electron chi connectivity index (χ2n) is 3.96. The zero-order chi connectivity index (χ0) is 12.8. The van der Waals surface area contributed by atoms with Crippen molar-refractivity contribution in [3.05, 3.63) is 28.8 Å². The Balaban J connectivity index is 2.74. The lowest BCUT2D eigenvalue weighted by atomic mass is 10.1. The van der Waals surface area contributed by atoms with Gasteiger partial charge in [0.15, 0.2) is 6.61 Å². The minimum atomic E-state index is -0.127. The van der Waals surface area contributed by atoms with Crippen molar-refractivity contribution in [2.75, 3.05) is 13.2 Å². The third-order valence-corrected chi connectivity index (χ3v) is 2.42. The summed E-state index contributed by atoms with van der Waals surface area (Å²) in [6, 6.07) is 3.72. The first-order chi connectivity index (χ1) is 8.08. The van der Waals surface area contributed by atoms with E-state index in [0.717, 1.165) is 16.7 Å². The molecule has 0 aliphatic heterocycles. The van der Waals surface area contributed by atoms with E-state index in [0.29, 0.717) is 12.3 Å². The van der Waals surface area contributed by atoms with Crippen LogP contribution in [0.5, 0.6) is 5.75 Å². The van der Waals surface area contributed by atoms with E-state index in [1.807, 2.05) is 32.9 Å². The van der Waals surface area contributed by atoms with Gasteiger partial charge in [0, 0.05) is 6.54 Å². The standard InChI is InChI=1S/C13H19NO3/c1-4-14-12(16)8-17-13-9(2)5-11(7-15)6-10(13)3/h5-6,15H,4,7-8H2,1-3H3,(H,14,16). The Bertz CT molecular complexity index is 379. The number of rotatable bonds is 5. The molecule has 0 aromatic heterocycles. The van der Waals surface area contributed by atoms with Crippen LogP contribution in [0.4, 0.5) is 0 Å². The number of carbonyl (C=O) groups is 1. The summed E-state index contributed by atoms with van der Waals surface area (Å²) in [7, 11) is 0. The molecule has 0 aliphatic rings. The molecule has 0 saturated heterocycles. The number of amides is 1. The topological polar surface area (TPSA) is 58.6 Å². The molecule has 1 aromatic carbocycles. The van der Waals surface area contributed by atoms with E-state index in [9.17, 15) is 4.79 Å². The zero-order valence-electron chi connectivity index (χ0n) is 10.5. The highest BCUT2D eigenvalue weighted by molar-refractivity contribution is 5.77. The van der Waals surface area contributed by atoms with Crippen LogP contribution in [0, 0.1) is 13.8 Å². The molecule has 17 heavy (non-hydrogen) atoms. The number of likely N-dealkylation sites (N-methyl/N-ethyl adjacent to an activating group) is 1. The largest absolute Gasteiger partial charge is 0.483 e. The predicted molar refractivity (Wildman–Crippen MR) is 66.0 cm³/mol. The molecule has 0 fully saturated rings. The van der Waals surface area contributed by atoms with Gasteiger partial charge < -0.3 is 15.2 Å². The first kappa shape index (κ1) is 13.5. The Labute approximate surface area is 102 Å². The summed E-state index contributed by atoms with van der Waals surface area (Å²) < 4.78 is 5.49. The molecule has 94 valence electrons. The monoisotopic (exact) mass is 237 g/mol.